The SMILES string of the molecule is Nc1ccc(Oc2cc(-c3c(F)c(F)c(F)c(F)c3F)c(F)c(F)c2F)cc1. The van der Waals surface area contributed by atoms with Gasteiger partial charge in [0.05, 0.1) is 5.56 Å². The van der Waals surface area contributed by atoms with Gasteiger partial charge in [0.1, 0.15) is 5.75 Å². The van der Waals surface area contributed by atoms with Crippen LogP contribution in [0.2, 0.25) is 0 Å². The average molecular weight is 405 g/mol. The number of rotatable bonds is 3. The van der Waals surface area contributed by atoms with Gasteiger partial charge in [-0.2, -0.15) is 4.39 Å². The highest BCUT2D eigenvalue weighted by atomic mass is 19.2. The quantitative estimate of drug-likeness (QED) is 0.257. The lowest BCUT2D eigenvalue weighted by Gasteiger charge is -2.13. The molecular weight excluding hydrogens is 398 g/mol. The third-order valence-electron chi connectivity index (χ3n) is 3.70. The summed E-state index contributed by atoms with van der Waals surface area (Å²) in [5.74, 6) is -19.5. The van der Waals surface area contributed by atoms with Crippen molar-refractivity contribution in [3.63, 3.8) is 0 Å². The van der Waals surface area contributed by atoms with Crippen LogP contribution in [0.1, 0.15) is 0 Å². The van der Waals surface area contributed by atoms with Crippen LogP contribution in [0.15, 0.2) is 30.3 Å². The van der Waals surface area contributed by atoms with E-state index in [-0.39, 0.29) is 11.8 Å². The molecule has 0 aromatic heterocycles. The number of ether oxygens (including phenoxy) is 1. The number of hydrogen-bond donors (Lipinski definition) is 1. The molecule has 28 heavy (non-hydrogen) atoms. The Morgan fingerprint density at radius 2 is 1.04 bits per heavy atom. The zero-order chi connectivity index (χ0) is 20.7. The Hall–Kier alpha value is -3.30. The van der Waals surface area contributed by atoms with Crippen molar-refractivity contribution >= 4 is 5.69 Å². The second-order valence-corrected chi connectivity index (χ2v) is 5.48. The summed E-state index contributed by atoms with van der Waals surface area (Å²) in [5, 5.41) is 0. The van der Waals surface area contributed by atoms with Crippen LogP contribution in [-0.4, -0.2) is 0 Å². The summed E-state index contributed by atoms with van der Waals surface area (Å²) in [7, 11) is 0. The standard InChI is InChI=1S/C18H7F8NO/c19-11-8(10-13(21)16(24)18(26)17(25)14(10)22)5-9(12(20)15(11)23)28-7-3-1-6(27)2-4-7/h1-5H,27H2. The Morgan fingerprint density at radius 3 is 1.57 bits per heavy atom. The van der Waals surface area contributed by atoms with Crippen molar-refractivity contribution in [2.24, 2.45) is 0 Å². The van der Waals surface area contributed by atoms with Gasteiger partial charge < -0.3 is 10.5 Å². The zero-order valence-electron chi connectivity index (χ0n) is 13.4. The summed E-state index contributed by atoms with van der Waals surface area (Å²) in [6.45, 7) is 0. The van der Waals surface area contributed by atoms with Crippen molar-refractivity contribution in [3.05, 3.63) is 76.9 Å². The summed E-state index contributed by atoms with van der Waals surface area (Å²) in [6, 6.07) is 5.35. The van der Waals surface area contributed by atoms with Crippen molar-refractivity contribution in [1.82, 2.24) is 0 Å². The van der Waals surface area contributed by atoms with Crippen LogP contribution in [0.5, 0.6) is 11.5 Å². The van der Waals surface area contributed by atoms with Crippen molar-refractivity contribution in [2.75, 3.05) is 5.73 Å². The molecule has 3 aromatic carbocycles. The molecule has 0 amide bonds. The van der Waals surface area contributed by atoms with Crippen LogP contribution < -0.4 is 10.5 Å². The first kappa shape index (κ1) is 19.5. The summed E-state index contributed by atoms with van der Waals surface area (Å²) >= 11 is 0. The maximum atomic E-state index is 14.1. The van der Waals surface area contributed by atoms with E-state index in [1.54, 1.807) is 0 Å². The molecule has 0 aliphatic rings. The van der Waals surface area contributed by atoms with E-state index in [1.165, 1.54) is 24.3 Å². The van der Waals surface area contributed by atoms with Gasteiger partial charge in [0, 0.05) is 11.3 Å². The molecule has 0 saturated carbocycles. The number of halogens is 8. The van der Waals surface area contributed by atoms with Crippen LogP contribution in [-0.2, 0) is 0 Å². The van der Waals surface area contributed by atoms with Gasteiger partial charge in [0.15, 0.2) is 40.7 Å². The molecule has 0 unspecified atom stereocenters. The van der Waals surface area contributed by atoms with E-state index >= 15 is 0 Å². The van der Waals surface area contributed by atoms with Crippen LogP contribution in [0.3, 0.4) is 0 Å². The van der Waals surface area contributed by atoms with E-state index in [0.29, 0.717) is 5.69 Å². The fourth-order valence-electron chi connectivity index (χ4n) is 2.34. The Kier molecular flexibility index (Phi) is 4.88. The number of nitrogen functional groups attached to an aromatic ring is 1. The summed E-state index contributed by atoms with van der Waals surface area (Å²) in [5.41, 5.74) is 2.55. The van der Waals surface area contributed by atoms with E-state index in [0.717, 1.165) is 0 Å². The normalized spacial score (nSPS) is 11.0. The Balaban J connectivity index is 2.23. The molecular formula is C18H7F8NO. The van der Waals surface area contributed by atoms with Crippen molar-refractivity contribution < 1.29 is 39.9 Å². The van der Waals surface area contributed by atoms with Gasteiger partial charge in [-0.05, 0) is 30.3 Å². The molecule has 0 radical (unpaired) electrons. The van der Waals surface area contributed by atoms with Gasteiger partial charge in [0.25, 0.3) is 0 Å². The van der Waals surface area contributed by atoms with Crippen molar-refractivity contribution in [3.8, 4) is 22.6 Å². The van der Waals surface area contributed by atoms with Crippen molar-refractivity contribution in [1.29, 1.82) is 0 Å². The topological polar surface area (TPSA) is 35.2 Å². The molecule has 0 heterocycles. The number of benzene rings is 3. The monoisotopic (exact) mass is 405 g/mol. The van der Waals surface area contributed by atoms with Crippen LogP contribution in [0.4, 0.5) is 40.8 Å². The smallest absolute Gasteiger partial charge is 0.204 e. The van der Waals surface area contributed by atoms with Crippen LogP contribution >= 0.6 is 0 Å². The Bertz CT molecular complexity index is 1050. The highest BCUT2D eigenvalue weighted by Crippen LogP contribution is 2.38. The molecule has 3 aromatic rings. The number of nitrogens with two attached hydrogens (primary N) is 1. The minimum atomic E-state index is -2.49. The van der Waals surface area contributed by atoms with Gasteiger partial charge in [-0.1, -0.05) is 0 Å². The highest BCUT2D eigenvalue weighted by molar-refractivity contribution is 5.68. The van der Waals surface area contributed by atoms with Gasteiger partial charge in [0.2, 0.25) is 11.6 Å². The molecule has 3 rings (SSSR count). The molecule has 0 fully saturated rings. The lowest BCUT2D eigenvalue weighted by atomic mass is 10.0. The van der Waals surface area contributed by atoms with Crippen LogP contribution in [0.25, 0.3) is 11.1 Å². The second-order valence-electron chi connectivity index (χ2n) is 5.48. The largest absolute Gasteiger partial charge is 0.454 e. The number of anilines is 1. The van der Waals surface area contributed by atoms with Gasteiger partial charge in [-0.15, -0.1) is 0 Å². The van der Waals surface area contributed by atoms with Gasteiger partial charge >= 0.3 is 0 Å². The molecule has 0 bridgehead atoms. The van der Waals surface area contributed by atoms with Crippen molar-refractivity contribution in [2.45, 2.75) is 0 Å². The van der Waals surface area contributed by atoms with Crippen LogP contribution in [0, 0.1) is 46.5 Å². The molecule has 10 heteroatoms. The molecule has 0 atom stereocenters. The first-order valence-electron chi connectivity index (χ1n) is 7.36. The maximum Gasteiger partial charge on any atom is 0.204 e. The van der Waals surface area contributed by atoms with E-state index in [1.807, 2.05) is 0 Å². The van der Waals surface area contributed by atoms with E-state index < -0.39 is 63.4 Å². The predicted molar refractivity (Wildman–Crippen MR) is 82.5 cm³/mol. The average Bonchev–Trinajstić information content (AvgIpc) is 2.68. The summed E-state index contributed by atoms with van der Waals surface area (Å²) in [6.07, 6.45) is 0. The molecule has 0 saturated heterocycles. The molecule has 0 aliphatic carbocycles. The molecule has 2 nitrogen and oxygen atoms in total. The lowest BCUT2D eigenvalue weighted by Crippen LogP contribution is -2.07. The highest BCUT2D eigenvalue weighted by Gasteiger charge is 2.31. The van der Waals surface area contributed by atoms with E-state index in [9.17, 15) is 35.1 Å². The van der Waals surface area contributed by atoms with Gasteiger partial charge in [-0.25, -0.2) is 30.7 Å². The number of hydrogen-bond acceptors (Lipinski definition) is 2. The summed E-state index contributed by atoms with van der Waals surface area (Å²) < 4.78 is 115. The molecule has 0 aliphatic heterocycles. The third kappa shape index (κ3) is 3.10. The zero-order valence-corrected chi connectivity index (χ0v) is 13.4. The fraction of sp³-hybridized carbons (Fsp3) is 0. The Morgan fingerprint density at radius 1 is 0.571 bits per heavy atom. The first-order chi connectivity index (χ1) is 13.1. The molecule has 146 valence electrons. The predicted octanol–water partition coefficient (Wildman–Crippen LogP) is 5.84. The second kappa shape index (κ2) is 7.02. The molecule has 0 spiro atoms. The minimum absolute atomic E-state index is 0.123. The Labute approximate surface area is 151 Å². The van der Waals surface area contributed by atoms with Gasteiger partial charge in [-0.3, -0.25) is 0 Å². The first-order valence-corrected chi connectivity index (χ1v) is 7.36. The third-order valence-corrected chi connectivity index (χ3v) is 3.70. The summed E-state index contributed by atoms with van der Waals surface area (Å²) in [4.78, 5) is 0. The molecule has 2 N–H and O–H groups in total. The van der Waals surface area contributed by atoms with E-state index in [4.69, 9.17) is 10.5 Å². The van der Waals surface area contributed by atoms with E-state index in [2.05, 4.69) is 0 Å². The lowest BCUT2D eigenvalue weighted by molar-refractivity contribution is 0.378. The fourth-order valence-corrected chi connectivity index (χ4v) is 2.34. The maximum absolute atomic E-state index is 14.1. The minimum Gasteiger partial charge on any atom is -0.454 e.